The van der Waals surface area contributed by atoms with Gasteiger partial charge in [-0.2, -0.15) is 0 Å². The molecule has 0 aromatic heterocycles. The molecule has 0 aliphatic carbocycles. The van der Waals surface area contributed by atoms with Gasteiger partial charge in [-0.05, 0) is 0 Å². The first kappa shape index (κ1) is 8.17. The van der Waals surface area contributed by atoms with Crippen LogP contribution in [0.1, 0.15) is 6.42 Å². The van der Waals surface area contributed by atoms with Crippen molar-refractivity contribution in [3.05, 3.63) is 12.7 Å². The molecule has 0 amide bonds. The minimum Gasteiger partial charge on any atom is -0.469 e. The summed E-state index contributed by atoms with van der Waals surface area (Å²) in [6, 6.07) is -0.280. The van der Waals surface area contributed by atoms with E-state index in [0.29, 0.717) is 0 Å². The summed E-state index contributed by atoms with van der Waals surface area (Å²) < 4.78 is 4.36. The van der Waals surface area contributed by atoms with E-state index in [-0.39, 0.29) is 18.4 Å². The van der Waals surface area contributed by atoms with Gasteiger partial charge in [0, 0.05) is 6.04 Å². The van der Waals surface area contributed by atoms with E-state index in [9.17, 15) is 4.79 Å². The number of rotatable bonds is 3. The highest BCUT2D eigenvalue weighted by Crippen LogP contribution is 1.89. The molecule has 0 rings (SSSR count). The predicted octanol–water partition coefficient (Wildman–Crippen LogP) is 0.0628. The van der Waals surface area contributed by atoms with Crippen LogP contribution in [0, 0.1) is 0 Å². The number of nitrogens with two attached hydrogens (primary N) is 1. The summed E-state index contributed by atoms with van der Waals surface area (Å²) >= 11 is 0. The van der Waals surface area contributed by atoms with Gasteiger partial charge in [0.15, 0.2) is 0 Å². The third-order valence-electron chi connectivity index (χ3n) is 0.933. The van der Waals surface area contributed by atoms with E-state index < -0.39 is 0 Å². The summed E-state index contributed by atoms with van der Waals surface area (Å²) in [5, 5.41) is 0. The molecule has 0 aromatic rings. The molecule has 0 radical (unpaired) electrons. The lowest BCUT2D eigenvalue weighted by Crippen LogP contribution is -2.21. The quantitative estimate of drug-likeness (QED) is 0.433. The van der Waals surface area contributed by atoms with Crippen LogP contribution in [0.5, 0.6) is 0 Å². The van der Waals surface area contributed by atoms with Crippen LogP contribution in [0.4, 0.5) is 0 Å². The number of carbonyl (C=O) groups is 1. The Morgan fingerprint density at radius 1 is 2.00 bits per heavy atom. The molecule has 1 atom stereocenters. The highest BCUT2D eigenvalue weighted by molar-refractivity contribution is 5.70. The van der Waals surface area contributed by atoms with E-state index in [1.165, 1.54) is 13.2 Å². The van der Waals surface area contributed by atoms with Crippen molar-refractivity contribution in [3.8, 4) is 0 Å². The van der Waals surface area contributed by atoms with Gasteiger partial charge in [0.2, 0.25) is 0 Å². The number of hydrogen-bond donors (Lipinski definition) is 1. The summed E-state index contributed by atoms with van der Waals surface area (Å²) in [6.07, 6.45) is 1.72. The molecule has 0 bridgehead atoms. The van der Waals surface area contributed by atoms with Gasteiger partial charge in [0.25, 0.3) is 0 Å². The van der Waals surface area contributed by atoms with Gasteiger partial charge in [-0.3, -0.25) is 4.79 Å². The second-order valence-electron chi connectivity index (χ2n) is 1.68. The SMILES string of the molecule is C=CC(N)CC(=O)OC. The summed E-state index contributed by atoms with van der Waals surface area (Å²) in [5.74, 6) is -0.303. The van der Waals surface area contributed by atoms with Gasteiger partial charge in [0.05, 0.1) is 13.5 Å². The minimum absolute atomic E-state index is 0.208. The molecular formula is C6H11NO2. The first-order valence-electron chi connectivity index (χ1n) is 2.65. The topological polar surface area (TPSA) is 52.3 Å². The second-order valence-corrected chi connectivity index (χ2v) is 1.68. The van der Waals surface area contributed by atoms with Crippen LogP contribution in [0.2, 0.25) is 0 Å². The zero-order valence-electron chi connectivity index (χ0n) is 5.46. The fraction of sp³-hybridized carbons (Fsp3) is 0.500. The number of methoxy groups -OCH3 is 1. The molecule has 3 nitrogen and oxygen atoms in total. The Morgan fingerprint density at radius 2 is 2.56 bits per heavy atom. The Balaban J connectivity index is 3.46. The average molecular weight is 129 g/mol. The fourth-order valence-corrected chi connectivity index (χ4v) is 0.359. The molecule has 0 saturated heterocycles. The Bertz CT molecular complexity index is 112. The van der Waals surface area contributed by atoms with E-state index in [4.69, 9.17) is 5.73 Å². The predicted molar refractivity (Wildman–Crippen MR) is 34.8 cm³/mol. The van der Waals surface area contributed by atoms with Crippen LogP contribution in [0.3, 0.4) is 0 Å². The minimum atomic E-state index is -0.303. The largest absolute Gasteiger partial charge is 0.469 e. The maximum Gasteiger partial charge on any atom is 0.307 e. The molecule has 0 aromatic carbocycles. The van der Waals surface area contributed by atoms with Crippen LogP contribution in [0.15, 0.2) is 12.7 Å². The van der Waals surface area contributed by atoms with Crippen LogP contribution < -0.4 is 5.73 Å². The van der Waals surface area contributed by atoms with Gasteiger partial charge < -0.3 is 10.5 Å². The van der Waals surface area contributed by atoms with Gasteiger partial charge in [-0.15, -0.1) is 6.58 Å². The summed E-state index contributed by atoms with van der Waals surface area (Å²) in [6.45, 7) is 3.42. The Kier molecular flexibility index (Phi) is 3.71. The lowest BCUT2D eigenvalue weighted by atomic mass is 10.2. The maximum absolute atomic E-state index is 10.4. The summed E-state index contributed by atoms with van der Waals surface area (Å²) in [7, 11) is 1.33. The second kappa shape index (κ2) is 4.09. The van der Waals surface area contributed by atoms with Crippen molar-refractivity contribution >= 4 is 5.97 Å². The lowest BCUT2D eigenvalue weighted by Gasteiger charge is -2.01. The first-order valence-corrected chi connectivity index (χ1v) is 2.65. The number of esters is 1. The smallest absolute Gasteiger partial charge is 0.307 e. The molecular weight excluding hydrogens is 118 g/mol. The van der Waals surface area contributed by atoms with Crippen LogP contribution >= 0.6 is 0 Å². The molecule has 3 heteroatoms. The van der Waals surface area contributed by atoms with Crippen LogP contribution in [-0.4, -0.2) is 19.1 Å². The van der Waals surface area contributed by atoms with Gasteiger partial charge in [-0.25, -0.2) is 0 Å². The number of carbonyl (C=O) groups excluding carboxylic acids is 1. The van der Waals surface area contributed by atoms with E-state index in [2.05, 4.69) is 11.3 Å². The monoisotopic (exact) mass is 129 g/mol. The van der Waals surface area contributed by atoms with E-state index in [1.807, 2.05) is 0 Å². The standard InChI is InChI=1S/C6H11NO2/c1-3-5(7)4-6(8)9-2/h3,5H,1,4,7H2,2H3. The van der Waals surface area contributed by atoms with Crippen LogP contribution in [0.25, 0.3) is 0 Å². The molecule has 0 aliphatic heterocycles. The normalized spacial score (nSPS) is 12.2. The van der Waals surface area contributed by atoms with Crippen molar-refractivity contribution < 1.29 is 9.53 Å². The maximum atomic E-state index is 10.4. The number of hydrogen-bond acceptors (Lipinski definition) is 3. The summed E-state index contributed by atoms with van der Waals surface area (Å²) in [5.41, 5.74) is 5.33. The van der Waals surface area contributed by atoms with Crippen molar-refractivity contribution in [1.29, 1.82) is 0 Å². The third kappa shape index (κ3) is 3.73. The fourth-order valence-electron chi connectivity index (χ4n) is 0.359. The number of ether oxygens (including phenoxy) is 1. The van der Waals surface area contributed by atoms with Gasteiger partial charge >= 0.3 is 5.97 Å². The Hall–Kier alpha value is -0.830. The molecule has 0 heterocycles. The zero-order chi connectivity index (χ0) is 7.28. The van der Waals surface area contributed by atoms with E-state index in [1.54, 1.807) is 0 Å². The van der Waals surface area contributed by atoms with Crippen molar-refractivity contribution in [3.63, 3.8) is 0 Å². The first-order chi connectivity index (χ1) is 4.20. The zero-order valence-corrected chi connectivity index (χ0v) is 5.46. The lowest BCUT2D eigenvalue weighted by molar-refractivity contribution is -0.140. The highest BCUT2D eigenvalue weighted by atomic mass is 16.5. The third-order valence-corrected chi connectivity index (χ3v) is 0.933. The molecule has 52 valence electrons. The molecule has 1 unspecified atom stereocenters. The molecule has 2 N–H and O–H groups in total. The molecule has 0 spiro atoms. The van der Waals surface area contributed by atoms with Crippen LogP contribution in [-0.2, 0) is 9.53 Å². The van der Waals surface area contributed by atoms with Crippen molar-refractivity contribution in [1.82, 2.24) is 0 Å². The van der Waals surface area contributed by atoms with E-state index >= 15 is 0 Å². The van der Waals surface area contributed by atoms with Gasteiger partial charge in [0.1, 0.15) is 0 Å². The van der Waals surface area contributed by atoms with Gasteiger partial charge in [-0.1, -0.05) is 6.08 Å². The highest BCUT2D eigenvalue weighted by Gasteiger charge is 2.03. The molecule has 0 aliphatic rings. The Labute approximate surface area is 54.5 Å². The van der Waals surface area contributed by atoms with Crippen molar-refractivity contribution in [2.75, 3.05) is 7.11 Å². The van der Waals surface area contributed by atoms with Crippen molar-refractivity contribution in [2.24, 2.45) is 5.73 Å². The van der Waals surface area contributed by atoms with Crippen molar-refractivity contribution in [2.45, 2.75) is 12.5 Å². The summed E-state index contributed by atoms with van der Waals surface area (Å²) in [4.78, 5) is 10.4. The Morgan fingerprint density at radius 3 is 2.89 bits per heavy atom. The van der Waals surface area contributed by atoms with E-state index in [0.717, 1.165) is 0 Å². The molecule has 0 saturated carbocycles. The molecule has 0 fully saturated rings. The average Bonchev–Trinajstić information content (AvgIpc) is 1.87. The molecule has 9 heavy (non-hydrogen) atoms.